The summed E-state index contributed by atoms with van der Waals surface area (Å²) in [5.74, 6) is -0.473. The molecule has 2 aromatic carbocycles. The molecule has 0 saturated heterocycles. The minimum Gasteiger partial charge on any atom is -0.329 e. The van der Waals surface area contributed by atoms with Crippen molar-refractivity contribution < 1.29 is 12.8 Å². The summed E-state index contributed by atoms with van der Waals surface area (Å²) >= 11 is 0. The summed E-state index contributed by atoms with van der Waals surface area (Å²) in [6.07, 6.45) is 0. The van der Waals surface area contributed by atoms with E-state index in [4.69, 9.17) is 5.73 Å². The largest absolute Gasteiger partial charge is 0.329 e. The third-order valence-electron chi connectivity index (χ3n) is 2.88. The molecule has 0 saturated carbocycles. The van der Waals surface area contributed by atoms with Gasteiger partial charge < -0.3 is 5.73 Å². The Bertz CT molecular complexity index is 656. The molecule has 0 bridgehead atoms. The molecule has 0 unspecified atom stereocenters. The van der Waals surface area contributed by atoms with Gasteiger partial charge in [-0.2, -0.15) is 0 Å². The van der Waals surface area contributed by atoms with Crippen LogP contribution in [0.25, 0.3) is 0 Å². The molecule has 2 rings (SSSR count). The highest BCUT2D eigenvalue weighted by Crippen LogP contribution is 2.28. The predicted octanol–water partition coefficient (Wildman–Crippen LogP) is 2.30. The van der Waals surface area contributed by atoms with Crippen LogP contribution in [0.15, 0.2) is 59.5 Å². The quantitative estimate of drug-likeness (QED) is 0.934. The molecule has 2 aromatic rings. The van der Waals surface area contributed by atoms with Crippen molar-refractivity contribution in [2.24, 2.45) is 5.73 Å². The summed E-state index contributed by atoms with van der Waals surface area (Å²) < 4.78 is 38.2. The van der Waals surface area contributed by atoms with Crippen LogP contribution in [0.5, 0.6) is 0 Å². The van der Waals surface area contributed by atoms with Gasteiger partial charge >= 0.3 is 0 Å². The molecule has 0 heterocycles. The van der Waals surface area contributed by atoms with Crippen molar-refractivity contribution in [3.8, 4) is 0 Å². The predicted molar refractivity (Wildman–Crippen MR) is 71.8 cm³/mol. The molecule has 1 atom stereocenters. The van der Waals surface area contributed by atoms with Gasteiger partial charge in [-0.25, -0.2) is 12.8 Å². The second-order valence-electron chi connectivity index (χ2n) is 4.14. The van der Waals surface area contributed by atoms with Gasteiger partial charge in [0.05, 0.1) is 4.90 Å². The zero-order valence-electron chi connectivity index (χ0n) is 10.2. The van der Waals surface area contributed by atoms with Crippen LogP contribution in [-0.2, 0) is 9.84 Å². The van der Waals surface area contributed by atoms with Crippen LogP contribution in [0.1, 0.15) is 10.8 Å². The first kappa shape index (κ1) is 13.7. The molecule has 5 heteroatoms. The van der Waals surface area contributed by atoms with Crippen LogP contribution in [0, 0.1) is 5.82 Å². The number of nitrogens with two attached hydrogens (primary N) is 1. The number of halogens is 1. The highest BCUT2D eigenvalue weighted by atomic mass is 32.2. The zero-order valence-corrected chi connectivity index (χ0v) is 11.0. The van der Waals surface area contributed by atoms with E-state index in [2.05, 4.69) is 0 Å². The van der Waals surface area contributed by atoms with Crippen LogP contribution < -0.4 is 5.73 Å². The highest BCUT2D eigenvalue weighted by Gasteiger charge is 2.27. The Kier molecular flexibility index (Phi) is 3.97. The molecule has 0 aliphatic heterocycles. The van der Waals surface area contributed by atoms with E-state index in [9.17, 15) is 12.8 Å². The van der Waals surface area contributed by atoms with Gasteiger partial charge in [-0.15, -0.1) is 0 Å². The van der Waals surface area contributed by atoms with Gasteiger partial charge in [-0.1, -0.05) is 30.3 Å². The lowest BCUT2D eigenvalue weighted by molar-refractivity contribution is 0.581. The van der Waals surface area contributed by atoms with E-state index in [0.29, 0.717) is 5.56 Å². The summed E-state index contributed by atoms with van der Waals surface area (Å²) in [5.41, 5.74) is 5.94. The van der Waals surface area contributed by atoms with Gasteiger partial charge in [0.1, 0.15) is 11.1 Å². The molecule has 0 spiro atoms. The molecule has 3 nitrogen and oxygen atoms in total. The van der Waals surface area contributed by atoms with E-state index in [1.165, 1.54) is 30.3 Å². The molecule has 0 fully saturated rings. The minimum atomic E-state index is -3.61. The second-order valence-corrected chi connectivity index (χ2v) is 6.27. The Labute approximate surface area is 111 Å². The molecule has 0 aliphatic carbocycles. The first-order chi connectivity index (χ1) is 9.05. The monoisotopic (exact) mass is 279 g/mol. The van der Waals surface area contributed by atoms with Gasteiger partial charge in [0.25, 0.3) is 0 Å². The average Bonchev–Trinajstić information content (AvgIpc) is 2.40. The molecular weight excluding hydrogens is 265 g/mol. The van der Waals surface area contributed by atoms with Crippen LogP contribution in [-0.4, -0.2) is 15.0 Å². The van der Waals surface area contributed by atoms with E-state index in [1.54, 1.807) is 24.3 Å². The number of rotatable bonds is 4. The Balaban J connectivity index is 2.48. The molecule has 0 aromatic heterocycles. The van der Waals surface area contributed by atoms with Gasteiger partial charge in [0.2, 0.25) is 0 Å². The van der Waals surface area contributed by atoms with Crippen molar-refractivity contribution in [2.45, 2.75) is 10.1 Å². The summed E-state index contributed by atoms with van der Waals surface area (Å²) in [4.78, 5) is 0.190. The van der Waals surface area contributed by atoms with E-state index in [-0.39, 0.29) is 11.4 Å². The third kappa shape index (κ3) is 2.83. The Hall–Kier alpha value is -1.72. The Morgan fingerprint density at radius 3 is 2.32 bits per heavy atom. The van der Waals surface area contributed by atoms with Crippen molar-refractivity contribution in [3.63, 3.8) is 0 Å². The zero-order chi connectivity index (χ0) is 13.9. The van der Waals surface area contributed by atoms with Crippen molar-refractivity contribution >= 4 is 9.84 Å². The van der Waals surface area contributed by atoms with Crippen molar-refractivity contribution in [1.29, 1.82) is 0 Å². The first-order valence-electron chi connectivity index (χ1n) is 5.80. The fourth-order valence-corrected chi connectivity index (χ4v) is 3.55. The lowest BCUT2D eigenvalue weighted by atomic mass is 10.1. The van der Waals surface area contributed by atoms with Gasteiger partial charge in [-0.3, -0.25) is 0 Å². The summed E-state index contributed by atoms with van der Waals surface area (Å²) in [7, 11) is -3.61. The third-order valence-corrected chi connectivity index (χ3v) is 5.02. The lowest BCUT2D eigenvalue weighted by Gasteiger charge is -2.16. The van der Waals surface area contributed by atoms with Crippen LogP contribution in [0.2, 0.25) is 0 Å². The fourth-order valence-electron chi connectivity index (χ4n) is 1.92. The van der Waals surface area contributed by atoms with E-state index in [0.717, 1.165) is 0 Å². The summed E-state index contributed by atoms with van der Waals surface area (Å²) in [6, 6.07) is 13.6. The molecule has 0 aliphatic rings. The number of benzene rings is 2. The molecular formula is C14H14FNO2S. The molecule has 2 N–H and O–H groups in total. The van der Waals surface area contributed by atoms with Gasteiger partial charge in [0.15, 0.2) is 9.84 Å². The Morgan fingerprint density at radius 2 is 1.74 bits per heavy atom. The second kappa shape index (κ2) is 5.50. The smallest absolute Gasteiger partial charge is 0.186 e. The van der Waals surface area contributed by atoms with Crippen LogP contribution in [0.3, 0.4) is 0 Å². The average molecular weight is 279 g/mol. The van der Waals surface area contributed by atoms with Crippen molar-refractivity contribution in [1.82, 2.24) is 0 Å². The number of hydrogen-bond donors (Lipinski definition) is 1. The highest BCUT2D eigenvalue weighted by molar-refractivity contribution is 7.91. The van der Waals surface area contributed by atoms with Crippen LogP contribution in [0.4, 0.5) is 4.39 Å². The maximum Gasteiger partial charge on any atom is 0.186 e. The van der Waals surface area contributed by atoms with Gasteiger partial charge in [-0.05, 0) is 29.8 Å². The summed E-state index contributed by atoms with van der Waals surface area (Å²) in [6.45, 7) is -0.0965. The normalized spacial score (nSPS) is 13.2. The standard InChI is InChI=1S/C14H14FNO2S/c15-12-6-4-5-11(9-12)14(10-16)19(17,18)13-7-2-1-3-8-13/h1-9,14H,10,16H2/t14-/m0/s1. The SMILES string of the molecule is NC[C@@H](c1cccc(F)c1)S(=O)(=O)c1ccccc1. The fraction of sp³-hybridized carbons (Fsp3) is 0.143. The minimum absolute atomic E-state index is 0.0965. The van der Waals surface area contributed by atoms with Crippen LogP contribution >= 0.6 is 0 Å². The van der Waals surface area contributed by atoms with E-state index >= 15 is 0 Å². The topological polar surface area (TPSA) is 60.2 Å². The van der Waals surface area contributed by atoms with E-state index in [1.807, 2.05) is 0 Å². The number of sulfone groups is 1. The molecule has 0 amide bonds. The molecule has 100 valence electrons. The summed E-state index contributed by atoms with van der Waals surface area (Å²) in [5, 5.41) is -0.939. The molecule has 19 heavy (non-hydrogen) atoms. The molecule has 0 radical (unpaired) electrons. The van der Waals surface area contributed by atoms with Crippen molar-refractivity contribution in [2.75, 3.05) is 6.54 Å². The van der Waals surface area contributed by atoms with E-state index < -0.39 is 20.9 Å². The first-order valence-corrected chi connectivity index (χ1v) is 7.35. The van der Waals surface area contributed by atoms with Gasteiger partial charge in [0, 0.05) is 6.54 Å². The maximum atomic E-state index is 13.2. The number of hydrogen-bond acceptors (Lipinski definition) is 3. The maximum absolute atomic E-state index is 13.2. The van der Waals surface area contributed by atoms with Crippen molar-refractivity contribution in [3.05, 3.63) is 66.0 Å². The lowest BCUT2D eigenvalue weighted by Crippen LogP contribution is -2.22. The Morgan fingerprint density at radius 1 is 1.05 bits per heavy atom.